The third kappa shape index (κ3) is 6.39. The van der Waals surface area contributed by atoms with Crippen molar-refractivity contribution < 1.29 is 19.0 Å². The SMILES string of the molecule is COc1ccc(CC2CCN(C(C)C(=O)NCCc3ccc(OC)c(OC)c3)CC2)cc1. The van der Waals surface area contributed by atoms with E-state index in [9.17, 15) is 4.79 Å². The molecule has 6 heteroatoms. The zero-order chi connectivity index (χ0) is 22.9. The normalized spacial score (nSPS) is 15.8. The van der Waals surface area contributed by atoms with E-state index in [0.29, 0.717) is 24.0 Å². The van der Waals surface area contributed by atoms with Gasteiger partial charge in [0, 0.05) is 6.54 Å². The van der Waals surface area contributed by atoms with E-state index in [4.69, 9.17) is 14.2 Å². The summed E-state index contributed by atoms with van der Waals surface area (Å²) in [7, 11) is 4.95. The molecular formula is C26H36N2O4. The summed E-state index contributed by atoms with van der Waals surface area (Å²) in [6, 6.07) is 14.1. The van der Waals surface area contributed by atoms with E-state index in [1.165, 1.54) is 5.56 Å². The number of benzene rings is 2. The Labute approximate surface area is 191 Å². The predicted molar refractivity (Wildman–Crippen MR) is 127 cm³/mol. The van der Waals surface area contributed by atoms with Crippen molar-refractivity contribution in [3.05, 3.63) is 53.6 Å². The largest absolute Gasteiger partial charge is 0.497 e. The van der Waals surface area contributed by atoms with Gasteiger partial charge in [-0.25, -0.2) is 0 Å². The maximum absolute atomic E-state index is 12.7. The van der Waals surface area contributed by atoms with Gasteiger partial charge in [0.05, 0.1) is 27.4 Å². The molecule has 1 amide bonds. The summed E-state index contributed by atoms with van der Waals surface area (Å²) in [6.45, 7) is 4.54. The van der Waals surface area contributed by atoms with Crippen LogP contribution >= 0.6 is 0 Å². The van der Waals surface area contributed by atoms with Crippen LogP contribution in [0.4, 0.5) is 0 Å². The van der Waals surface area contributed by atoms with E-state index in [-0.39, 0.29) is 11.9 Å². The van der Waals surface area contributed by atoms with Crippen molar-refractivity contribution in [2.75, 3.05) is 41.0 Å². The summed E-state index contributed by atoms with van der Waals surface area (Å²) < 4.78 is 15.9. The number of hydrogen-bond donors (Lipinski definition) is 1. The smallest absolute Gasteiger partial charge is 0.237 e. The minimum atomic E-state index is -0.109. The van der Waals surface area contributed by atoms with Crippen LogP contribution in [0, 0.1) is 5.92 Å². The first-order valence-corrected chi connectivity index (χ1v) is 11.4. The molecule has 1 aliphatic rings. The molecule has 0 radical (unpaired) electrons. The number of likely N-dealkylation sites (tertiary alicyclic amines) is 1. The summed E-state index contributed by atoms with van der Waals surface area (Å²) in [6.07, 6.45) is 4.08. The first kappa shape index (κ1) is 23.9. The number of piperidine rings is 1. The lowest BCUT2D eigenvalue weighted by Gasteiger charge is -2.35. The molecule has 0 saturated carbocycles. The standard InChI is InChI=1S/C26H36N2O4/c1-19(26(29)27-14-11-21-7-10-24(31-3)25(18-21)32-4)28-15-12-22(13-16-28)17-20-5-8-23(30-2)9-6-20/h5-10,18-19,22H,11-17H2,1-4H3,(H,27,29). The first-order chi connectivity index (χ1) is 15.5. The Bertz CT molecular complexity index is 861. The summed E-state index contributed by atoms with van der Waals surface area (Å²) in [5.41, 5.74) is 2.46. The van der Waals surface area contributed by atoms with Crippen molar-refractivity contribution in [3.63, 3.8) is 0 Å². The Hall–Kier alpha value is -2.73. The molecule has 1 saturated heterocycles. The number of nitrogens with one attached hydrogen (secondary N) is 1. The Kier molecular flexibility index (Phi) is 8.80. The average Bonchev–Trinajstić information content (AvgIpc) is 2.84. The van der Waals surface area contributed by atoms with Gasteiger partial charge < -0.3 is 19.5 Å². The lowest BCUT2D eigenvalue weighted by Crippen LogP contribution is -2.48. The lowest BCUT2D eigenvalue weighted by molar-refractivity contribution is -0.126. The number of carbonyl (C=O) groups excluding carboxylic acids is 1. The predicted octanol–water partition coefficient (Wildman–Crippen LogP) is 3.71. The highest BCUT2D eigenvalue weighted by atomic mass is 16.5. The van der Waals surface area contributed by atoms with Gasteiger partial charge in [0.15, 0.2) is 11.5 Å². The molecule has 1 aliphatic heterocycles. The number of hydrogen-bond acceptors (Lipinski definition) is 5. The number of nitrogens with zero attached hydrogens (tertiary/aromatic N) is 1. The maximum atomic E-state index is 12.7. The highest BCUT2D eigenvalue weighted by Gasteiger charge is 2.26. The van der Waals surface area contributed by atoms with Gasteiger partial charge in [-0.1, -0.05) is 18.2 Å². The molecular weight excluding hydrogens is 404 g/mol. The third-order valence-corrected chi connectivity index (χ3v) is 6.42. The van der Waals surface area contributed by atoms with E-state index < -0.39 is 0 Å². The number of methoxy groups -OCH3 is 3. The number of amides is 1. The molecule has 0 spiro atoms. The summed E-state index contributed by atoms with van der Waals surface area (Å²) in [4.78, 5) is 15.0. The van der Waals surface area contributed by atoms with Crippen LogP contribution in [0.1, 0.15) is 30.9 Å². The van der Waals surface area contributed by atoms with E-state index in [2.05, 4.69) is 22.3 Å². The van der Waals surface area contributed by atoms with E-state index >= 15 is 0 Å². The Morgan fingerprint density at radius 1 is 0.969 bits per heavy atom. The second-order valence-corrected chi connectivity index (χ2v) is 8.44. The van der Waals surface area contributed by atoms with E-state index in [0.717, 1.165) is 50.1 Å². The lowest BCUT2D eigenvalue weighted by atomic mass is 9.89. The van der Waals surface area contributed by atoms with Gasteiger partial charge >= 0.3 is 0 Å². The molecule has 2 aromatic carbocycles. The second kappa shape index (κ2) is 11.8. The van der Waals surface area contributed by atoms with Crippen molar-refractivity contribution in [3.8, 4) is 17.2 Å². The molecule has 174 valence electrons. The van der Waals surface area contributed by atoms with Gasteiger partial charge in [0.1, 0.15) is 5.75 Å². The van der Waals surface area contributed by atoms with Crippen molar-refractivity contribution in [1.29, 1.82) is 0 Å². The first-order valence-electron chi connectivity index (χ1n) is 11.4. The van der Waals surface area contributed by atoms with Crippen LogP contribution in [0.25, 0.3) is 0 Å². The van der Waals surface area contributed by atoms with Crippen molar-refractivity contribution >= 4 is 5.91 Å². The molecule has 0 aromatic heterocycles. The second-order valence-electron chi connectivity index (χ2n) is 8.44. The Morgan fingerprint density at radius 3 is 2.25 bits per heavy atom. The highest BCUT2D eigenvalue weighted by molar-refractivity contribution is 5.81. The van der Waals surface area contributed by atoms with Crippen LogP contribution in [-0.4, -0.2) is 57.8 Å². The zero-order valence-corrected chi connectivity index (χ0v) is 19.7. The van der Waals surface area contributed by atoms with E-state index in [1.807, 2.05) is 37.3 Å². The number of rotatable bonds is 10. The monoisotopic (exact) mass is 440 g/mol. The highest BCUT2D eigenvalue weighted by Crippen LogP contribution is 2.27. The van der Waals surface area contributed by atoms with Gasteiger partial charge in [0.2, 0.25) is 5.91 Å². The van der Waals surface area contributed by atoms with Crippen LogP contribution in [0.15, 0.2) is 42.5 Å². The molecule has 1 heterocycles. The molecule has 0 aliphatic carbocycles. The Balaban J connectivity index is 1.40. The molecule has 0 bridgehead atoms. The summed E-state index contributed by atoms with van der Waals surface area (Å²) in [5, 5.41) is 3.09. The minimum Gasteiger partial charge on any atom is -0.497 e. The van der Waals surface area contributed by atoms with Crippen LogP contribution in [0.2, 0.25) is 0 Å². The van der Waals surface area contributed by atoms with Crippen molar-refractivity contribution in [2.45, 2.75) is 38.6 Å². The van der Waals surface area contributed by atoms with Gasteiger partial charge in [-0.3, -0.25) is 9.69 Å². The fourth-order valence-corrected chi connectivity index (χ4v) is 4.32. The minimum absolute atomic E-state index is 0.0964. The van der Waals surface area contributed by atoms with E-state index in [1.54, 1.807) is 21.3 Å². The Morgan fingerprint density at radius 2 is 1.62 bits per heavy atom. The van der Waals surface area contributed by atoms with Crippen LogP contribution in [0.5, 0.6) is 17.2 Å². The molecule has 1 fully saturated rings. The van der Waals surface area contributed by atoms with Crippen LogP contribution in [0.3, 0.4) is 0 Å². The molecule has 1 atom stereocenters. The van der Waals surface area contributed by atoms with Crippen molar-refractivity contribution in [2.24, 2.45) is 5.92 Å². The number of carbonyl (C=O) groups is 1. The van der Waals surface area contributed by atoms with Crippen molar-refractivity contribution in [1.82, 2.24) is 10.2 Å². The maximum Gasteiger partial charge on any atom is 0.237 e. The molecule has 3 rings (SSSR count). The molecule has 6 nitrogen and oxygen atoms in total. The zero-order valence-electron chi connectivity index (χ0n) is 19.7. The fraction of sp³-hybridized carbons (Fsp3) is 0.500. The third-order valence-electron chi connectivity index (χ3n) is 6.42. The van der Waals surface area contributed by atoms with Crippen LogP contribution in [-0.2, 0) is 17.6 Å². The molecule has 2 aromatic rings. The quantitative estimate of drug-likeness (QED) is 0.610. The summed E-state index contributed by atoms with van der Waals surface area (Å²) >= 11 is 0. The van der Waals surface area contributed by atoms with Gasteiger partial charge in [0.25, 0.3) is 0 Å². The van der Waals surface area contributed by atoms with Crippen LogP contribution < -0.4 is 19.5 Å². The topological polar surface area (TPSA) is 60.0 Å². The van der Waals surface area contributed by atoms with Gasteiger partial charge in [-0.2, -0.15) is 0 Å². The fourth-order valence-electron chi connectivity index (χ4n) is 4.32. The number of ether oxygens (including phenoxy) is 3. The average molecular weight is 441 g/mol. The van der Waals surface area contributed by atoms with Gasteiger partial charge in [-0.05, 0) is 87.0 Å². The molecule has 1 N–H and O–H groups in total. The molecule has 32 heavy (non-hydrogen) atoms. The summed E-state index contributed by atoms with van der Waals surface area (Å²) in [5.74, 6) is 3.08. The van der Waals surface area contributed by atoms with Gasteiger partial charge in [-0.15, -0.1) is 0 Å². The molecule has 1 unspecified atom stereocenters.